The van der Waals surface area contributed by atoms with Crippen LogP contribution in [0.3, 0.4) is 0 Å². The fourth-order valence-corrected chi connectivity index (χ4v) is 4.64. The van der Waals surface area contributed by atoms with Gasteiger partial charge in [-0.1, -0.05) is 13.3 Å². The van der Waals surface area contributed by atoms with Crippen LogP contribution in [0.15, 0.2) is 0 Å². The lowest BCUT2D eigenvalue weighted by Crippen LogP contribution is -2.59. The minimum Gasteiger partial charge on any atom is -0.329 e. The van der Waals surface area contributed by atoms with Crippen LogP contribution in [0, 0.1) is 17.8 Å². The third-order valence-electron chi connectivity index (χ3n) is 5.71. The third kappa shape index (κ3) is 1.53. The maximum Gasteiger partial charge on any atom is 0.0362 e. The topological polar surface area (TPSA) is 29.3 Å². The summed E-state index contributed by atoms with van der Waals surface area (Å²) in [4.78, 5) is 2.77. The molecule has 1 saturated heterocycles. The van der Waals surface area contributed by atoms with Gasteiger partial charge in [-0.2, -0.15) is 0 Å². The molecule has 1 heterocycles. The zero-order valence-electron chi connectivity index (χ0n) is 10.6. The van der Waals surface area contributed by atoms with E-state index >= 15 is 0 Å². The molecule has 0 aromatic heterocycles. The average molecular weight is 222 g/mol. The summed E-state index contributed by atoms with van der Waals surface area (Å²) in [5, 5.41) is 0. The van der Waals surface area contributed by atoms with Crippen molar-refractivity contribution < 1.29 is 0 Å². The summed E-state index contributed by atoms with van der Waals surface area (Å²) >= 11 is 0. The molecule has 3 atom stereocenters. The van der Waals surface area contributed by atoms with E-state index < -0.39 is 0 Å². The van der Waals surface area contributed by atoms with Crippen molar-refractivity contribution in [1.82, 2.24) is 4.90 Å². The second kappa shape index (κ2) is 3.99. The van der Waals surface area contributed by atoms with Crippen LogP contribution >= 0.6 is 0 Å². The molecule has 92 valence electrons. The van der Waals surface area contributed by atoms with E-state index in [1.807, 2.05) is 0 Å². The van der Waals surface area contributed by atoms with E-state index in [9.17, 15) is 0 Å². The summed E-state index contributed by atoms with van der Waals surface area (Å²) < 4.78 is 0. The minimum absolute atomic E-state index is 0.420. The predicted octanol–water partition coefficient (Wildman–Crippen LogP) is 2.24. The highest BCUT2D eigenvalue weighted by molar-refractivity contribution is 5.08. The first-order valence-corrected chi connectivity index (χ1v) is 7.20. The van der Waals surface area contributed by atoms with Crippen molar-refractivity contribution in [2.75, 3.05) is 19.6 Å². The normalized spacial score (nSPS) is 45.4. The van der Waals surface area contributed by atoms with Crippen LogP contribution in [-0.2, 0) is 0 Å². The summed E-state index contributed by atoms with van der Waals surface area (Å²) in [7, 11) is 0. The summed E-state index contributed by atoms with van der Waals surface area (Å²) in [5.74, 6) is 2.87. The van der Waals surface area contributed by atoms with Gasteiger partial charge in [0.05, 0.1) is 0 Å². The molecule has 3 aliphatic rings. The molecule has 2 bridgehead atoms. The molecule has 2 aliphatic carbocycles. The lowest BCUT2D eigenvalue weighted by atomic mass is 9.78. The zero-order valence-corrected chi connectivity index (χ0v) is 10.6. The largest absolute Gasteiger partial charge is 0.329 e. The van der Waals surface area contributed by atoms with Gasteiger partial charge in [0.25, 0.3) is 0 Å². The number of likely N-dealkylation sites (tertiary alicyclic amines) is 1. The molecule has 16 heavy (non-hydrogen) atoms. The van der Waals surface area contributed by atoms with Crippen molar-refractivity contribution in [2.45, 2.75) is 51.0 Å². The van der Waals surface area contributed by atoms with Crippen molar-refractivity contribution in [3.05, 3.63) is 0 Å². The number of rotatable bonds is 2. The summed E-state index contributed by atoms with van der Waals surface area (Å²) in [6.45, 7) is 5.92. The number of fused-ring (bicyclic) bond motifs is 2. The van der Waals surface area contributed by atoms with Gasteiger partial charge in [0.15, 0.2) is 0 Å². The Balaban J connectivity index is 1.75. The molecule has 0 spiro atoms. The lowest BCUT2D eigenvalue weighted by Gasteiger charge is -2.49. The van der Waals surface area contributed by atoms with Crippen molar-refractivity contribution >= 4 is 0 Å². The Bertz CT molecular complexity index is 257. The molecule has 0 amide bonds. The molecule has 0 radical (unpaired) electrons. The molecule has 3 rings (SSSR count). The minimum atomic E-state index is 0.420. The highest BCUT2D eigenvalue weighted by Gasteiger charge is 2.53. The Morgan fingerprint density at radius 2 is 1.94 bits per heavy atom. The van der Waals surface area contributed by atoms with E-state index in [4.69, 9.17) is 5.73 Å². The molecule has 2 heteroatoms. The van der Waals surface area contributed by atoms with Gasteiger partial charge < -0.3 is 5.73 Å². The Morgan fingerprint density at radius 3 is 2.44 bits per heavy atom. The Morgan fingerprint density at radius 1 is 1.19 bits per heavy atom. The third-order valence-corrected chi connectivity index (χ3v) is 5.71. The summed E-state index contributed by atoms with van der Waals surface area (Å²) in [5.41, 5.74) is 6.60. The average Bonchev–Trinajstić information content (AvgIpc) is 2.90. The fourth-order valence-electron chi connectivity index (χ4n) is 4.64. The van der Waals surface area contributed by atoms with E-state index in [0.29, 0.717) is 5.54 Å². The zero-order chi connectivity index (χ0) is 11.2. The molecule has 2 saturated carbocycles. The fraction of sp³-hybridized carbons (Fsp3) is 1.00. The molecule has 3 unspecified atom stereocenters. The maximum atomic E-state index is 6.18. The summed E-state index contributed by atoms with van der Waals surface area (Å²) in [6.07, 6.45) is 8.59. The highest BCUT2D eigenvalue weighted by atomic mass is 15.2. The molecule has 2 nitrogen and oxygen atoms in total. The second-order valence-corrected chi connectivity index (χ2v) is 6.56. The summed E-state index contributed by atoms with van der Waals surface area (Å²) in [6, 6.07) is 0. The van der Waals surface area contributed by atoms with Gasteiger partial charge in [-0.05, 0) is 62.9 Å². The standard InChI is InChI=1S/C14H26N2/c1-11-4-6-16(7-5-11)14(10-15)9-12-2-3-13(14)8-12/h11-13H,2-10,15H2,1H3. The SMILES string of the molecule is CC1CCN(C2(CN)CC3CCC2C3)CC1. The van der Waals surface area contributed by atoms with Crippen LogP contribution in [0.5, 0.6) is 0 Å². The first-order chi connectivity index (χ1) is 7.74. The predicted molar refractivity (Wildman–Crippen MR) is 67.2 cm³/mol. The van der Waals surface area contributed by atoms with Gasteiger partial charge in [-0.25, -0.2) is 0 Å². The van der Waals surface area contributed by atoms with Crippen molar-refractivity contribution in [3.63, 3.8) is 0 Å². The number of nitrogens with two attached hydrogens (primary N) is 1. The van der Waals surface area contributed by atoms with Crippen molar-refractivity contribution in [2.24, 2.45) is 23.5 Å². The smallest absolute Gasteiger partial charge is 0.0362 e. The van der Waals surface area contributed by atoms with Crippen LogP contribution in [0.1, 0.15) is 45.4 Å². The number of nitrogens with zero attached hydrogens (tertiary/aromatic N) is 1. The van der Waals surface area contributed by atoms with Gasteiger partial charge in [0.2, 0.25) is 0 Å². The molecule has 0 aromatic rings. The molecule has 3 fully saturated rings. The van der Waals surface area contributed by atoms with Gasteiger partial charge in [-0.15, -0.1) is 0 Å². The number of piperidine rings is 1. The lowest BCUT2D eigenvalue weighted by molar-refractivity contribution is 0.0158. The Hall–Kier alpha value is -0.0800. The van der Waals surface area contributed by atoms with Crippen LogP contribution in [0.4, 0.5) is 0 Å². The van der Waals surface area contributed by atoms with Gasteiger partial charge in [-0.3, -0.25) is 4.90 Å². The van der Waals surface area contributed by atoms with Crippen LogP contribution < -0.4 is 5.73 Å². The van der Waals surface area contributed by atoms with Gasteiger partial charge >= 0.3 is 0 Å². The maximum absolute atomic E-state index is 6.18. The Kier molecular flexibility index (Phi) is 2.75. The molecular weight excluding hydrogens is 196 g/mol. The second-order valence-electron chi connectivity index (χ2n) is 6.56. The first-order valence-electron chi connectivity index (χ1n) is 7.20. The van der Waals surface area contributed by atoms with Crippen LogP contribution in [0.2, 0.25) is 0 Å². The highest BCUT2D eigenvalue weighted by Crippen LogP contribution is 2.53. The van der Waals surface area contributed by atoms with E-state index in [1.54, 1.807) is 0 Å². The molecular formula is C14H26N2. The first kappa shape index (κ1) is 11.0. The number of hydrogen-bond donors (Lipinski definition) is 1. The van der Waals surface area contributed by atoms with Crippen LogP contribution in [0.25, 0.3) is 0 Å². The van der Waals surface area contributed by atoms with Gasteiger partial charge in [0.1, 0.15) is 0 Å². The van der Waals surface area contributed by atoms with Crippen molar-refractivity contribution in [3.8, 4) is 0 Å². The van der Waals surface area contributed by atoms with Crippen LogP contribution in [-0.4, -0.2) is 30.1 Å². The van der Waals surface area contributed by atoms with E-state index in [-0.39, 0.29) is 0 Å². The molecule has 1 aliphatic heterocycles. The quantitative estimate of drug-likeness (QED) is 0.776. The molecule has 0 aromatic carbocycles. The van der Waals surface area contributed by atoms with E-state index in [2.05, 4.69) is 11.8 Å². The van der Waals surface area contributed by atoms with E-state index in [0.717, 1.165) is 24.3 Å². The monoisotopic (exact) mass is 222 g/mol. The van der Waals surface area contributed by atoms with E-state index in [1.165, 1.54) is 51.6 Å². The Labute approximate surface area is 99.6 Å². The number of hydrogen-bond acceptors (Lipinski definition) is 2. The van der Waals surface area contributed by atoms with Crippen molar-refractivity contribution in [1.29, 1.82) is 0 Å². The van der Waals surface area contributed by atoms with Gasteiger partial charge in [0, 0.05) is 12.1 Å². The molecule has 2 N–H and O–H groups in total.